The number of hydrogen-bond acceptors (Lipinski definition) is 2. The lowest BCUT2D eigenvalue weighted by molar-refractivity contribution is 1.01. The van der Waals surface area contributed by atoms with Gasteiger partial charge in [-0.3, -0.25) is 4.57 Å². The summed E-state index contributed by atoms with van der Waals surface area (Å²) >= 11 is 0. The van der Waals surface area contributed by atoms with Crippen molar-refractivity contribution < 1.29 is 6.85 Å². The molecule has 52 heavy (non-hydrogen) atoms. The van der Waals surface area contributed by atoms with Crippen LogP contribution in [0.2, 0.25) is 0 Å². The molecule has 0 aliphatic carbocycles. The van der Waals surface area contributed by atoms with Gasteiger partial charge in [0.2, 0.25) is 5.95 Å². The molecule has 0 saturated carbocycles. The Hall–Kier alpha value is -7.04. The minimum atomic E-state index is -0.447. The third-order valence-electron chi connectivity index (χ3n) is 10.2. The van der Waals surface area contributed by atoms with E-state index < -0.39 is 18.1 Å². The van der Waals surface area contributed by atoms with Crippen LogP contribution in [0, 0.1) is 0 Å². The smallest absolute Gasteiger partial charge is 0.235 e. The van der Waals surface area contributed by atoms with Gasteiger partial charge in [0, 0.05) is 43.6 Å². The van der Waals surface area contributed by atoms with E-state index in [0.29, 0.717) is 16.9 Å². The Morgan fingerprint density at radius 3 is 1.83 bits per heavy atom. The van der Waals surface area contributed by atoms with Gasteiger partial charge in [-0.25, -0.2) is 9.97 Å². The maximum absolute atomic E-state index is 8.86. The van der Waals surface area contributed by atoms with Crippen LogP contribution in [0.4, 0.5) is 0 Å². The molecule has 242 valence electrons. The lowest BCUT2D eigenvalue weighted by Gasteiger charge is -2.14. The molecular formula is C48H30N4. The first-order chi connectivity index (χ1) is 27.9. The molecule has 0 aliphatic heterocycles. The molecule has 3 heterocycles. The molecule has 0 aliphatic rings. The van der Waals surface area contributed by atoms with Crippen LogP contribution in [0.15, 0.2) is 182 Å². The molecule has 3 aromatic heterocycles. The maximum atomic E-state index is 8.86. The average molecular weight is 668 g/mol. The maximum Gasteiger partial charge on any atom is 0.235 e. The zero-order valence-electron chi connectivity index (χ0n) is 32.7. The van der Waals surface area contributed by atoms with Crippen LogP contribution in [0.25, 0.3) is 99.3 Å². The van der Waals surface area contributed by atoms with Gasteiger partial charge in [-0.15, -0.1) is 0 Å². The van der Waals surface area contributed by atoms with E-state index in [0.717, 1.165) is 65.8 Å². The van der Waals surface area contributed by atoms with Crippen molar-refractivity contribution in [2.24, 2.45) is 0 Å². The van der Waals surface area contributed by atoms with E-state index in [1.54, 1.807) is 0 Å². The molecule has 0 atom stereocenters. The van der Waals surface area contributed by atoms with E-state index in [9.17, 15) is 0 Å². The predicted molar refractivity (Wildman–Crippen MR) is 217 cm³/mol. The number of para-hydroxylation sites is 4. The van der Waals surface area contributed by atoms with Gasteiger partial charge in [-0.1, -0.05) is 139 Å². The van der Waals surface area contributed by atoms with E-state index in [1.165, 1.54) is 5.39 Å². The van der Waals surface area contributed by atoms with Crippen LogP contribution in [0.1, 0.15) is 6.85 Å². The van der Waals surface area contributed by atoms with Gasteiger partial charge in [-0.2, -0.15) is 0 Å². The number of nitrogens with zero attached hydrogens (tertiary/aromatic N) is 4. The van der Waals surface area contributed by atoms with Crippen LogP contribution in [-0.4, -0.2) is 19.1 Å². The number of aromatic nitrogens is 4. The second-order valence-corrected chi connectivity index (χ2v) is 13.0. The van der Waals surface area contributed by atoms with Crippen molar-refractivity contribution in [1.29, 1.82) is 0 Å². The van der Waals surface area contributed by atoms with Gasteiger partial charge in [0.15, 0.2) is 0 Å². The molecule has 4 heteroatoms. The fourth-order valence-electron chi connectivity index (χ4n) is 7.98. The molecule has 0 bridgehead atoms. The summed E-state index contributed by atoms with van der Waals surface area (Å²) in [6, 6.07) is 50.2. The highest BCUT2D eigenvalue weighted by molar-refractivity contribution is 6.22. The highest BCUT2D eigenvalue weighted by Gasteiger charge is 2.21. The van der Waals surface area contributed by atoms with Gasteiger partial charge in [0.25, 0.3) is 0 Å². The van der Waals surface area contributed by atoms with Crippen molar-refractivity contribution in [2.75, 3.05) is 0 Å². The summed E-state index contributed by atoms with van der Waals surface area (Å²) in [5, 5.41) is 7.22. The molecule has 0 radical (unpaired) electrons. The second kappa shape index (κ2) is 11.2. The largest absolute Gasteiger partial charge is 0.309 e. The zero-order chi connectivity index (χ0) is 38.5. The Morgan fingerprint density at radius 1 is 0.423 bits per heavy atom. The first kappa shape index (κ1) is 24.2. The summed E-state index contributed by atoms with van der Waals surface area (Å²) in [7, 11) is 0. The highest BCUT2D eigenvalue weighted by atomic mass is 15.2. The topological polar surface area (TPSA) is 35.6 Å². The van der Waals surface area contributed by atoms with Crippen molar-refractivity contribution in [3.63, 3.8) is 0 Å². The minimum absolute atomic E-state index is 0.0387. The lowest BCUT2D eigenvalue weighted by atomic mass is 9.94. The van der Waals surface area contributed by atoms with E-state index in [4.69, 9.17) is 16.8 Å². The molecule has 0 fully saturated rings. The summed E-state index contributed by atoms with van der Waals surface area (Å²) in [5.74, 6) is 0.338. The molecule has 0 amide bonds. The fourth-order valence-corrected chi connectivity index (χ4v) is 7.98. The van der Waals surface area contributed by atoms with Gasteiger partial charge >= 0.3 is 0 Å². The van der Waals surface area contributed by atoms with Crippen molar-refractivity contribution in [2.45, 2.75) is 0 Å². The van der Waals surface area contributed by atoms with Gasteiger partial charge < -0.3 is 4.57 Å². The fraction of sp³-hybridized carbons (Fsp3) is 0. The van der Waals surface area contributed by atoms with Gasteiger partial charge in [-0.05, 0) is 59.0 Å². The third kappa shape index (κ3) is 4.21. The van der Waals surface area contributed by atoms with Crippen LogP contribution in [0.3, 0.4) is 0 Å². The molecule has 8 aromatic carbocycles. The van der Waals surface area contributed by atoms with E-state index >= 15 is 0 Å². The average Bonchev–Trinajstić information content (AvgIpc) is 3.77. The summed E-state index contributed by atoms with van der Waals surface area (Å²) in [5.41, 5.74) is 8.19. The highest BCUT2D eigenvalue weighted by Crippen LogP contribution is 2.43. The molecule has 11 rings (SSSR count). The Morgan fingerprint density at radius 2 is 1.04 bits per heavy atom. The number of hydrogen-bond donors (Lipinski definition) is 0. The SMILES string of the molecule is [2H]c1c([2H])c([2H])c(-c2nc(-n3c4ccccc4c4ccc(-c5cc6c7ccccc7n(-c7ccccc7)c6c6ccccc56)cc43)nc3ccccc23)c([2H])c1[2H]. The van der Waals surface area contributed by atoms with Crippen molar-refractivity contribution in [1.82, 2.24) is 19.1 Å². The van der Waals surface area contributed by atoms with Crippen LogP contribution >= 0.6 is 0 Å². The molecule has 0 N–H and O–H groups in total. The van der Waals surface area contributed by atoms with E-state index in [2.05, 4.69) is 108 Å². The summed E-state index contributed by atoms with van der Waals surface area (Å²) in [6.07, 6.45) is 0. The zero-order valence-corrected chi connectivity index (χ0v) is 27.7. The van der Waals surface area contributed by atoms with Gasteiger partial charge in [0.05, 0.1) is 40.1 Å². The first-order valence-corrected chi connectivity index (χ1v) is 17.3. The molecule has 0 spiro atoms. The third-order valence-corrected chi connectivity index (χ3v) is 10.2. The number of rotatable bonds is 4. The summed E-state index contributed by atoms with van der Waals surface area (Å²) in [4.78, 5) is 10.2. The van der Waals surface area contributed by atoms with Crippen molar-refractivity contribution in [3.8, 4) is 34.0 Å². The molecule has 4 nitrogen and oxygen atoms in total. The van der Waals surface area contributed by atoms with Crippen molar-refractivity contribution in [3.05, 3.63) is 182 Å². The Bertz CT molecular complexity index is 3450. The summed E-state index contributed by atoms with van der Waals surface area (Å²) in [6.45, 7) is 0. The standard InChI is InChI=1S/C48H30N4/c1-3-15-31(16-4-1)46-39-23-9-12-24-42(39)49-48(50-46)52-44-26-14-10-20-35(44)37-28-27-32(29-45(37)52)40-30-41-36-21-11-13-25-43(36)51(33-17-5-2-6-18-33)47(41)38-22-8-7-19-34(38)40/h1-30H/i1D,3D,4D,15D,16D. The van der Waals surface area contributed by atoms with Gasteiger partial charge in [0.1, 0.15) is 0 Å². The Kier molecular flexibility index (Phi) is 5.22. The van der Waals surface area contributed by atoms with Crippen LogP contribution < -0.4 is 0 Å². The Labute approximate surface area is 306 Å². The predicted octanol–water partition coefficient (Wildman–Crippen LogP) is 12.3. The Balaban J connectivity index is 1.22. The second-order valence-electron chi connectivity index (χ2n) is 13.0. The number of fused-ring (bicyclic) bond motifs is 9. The number of benzene rings is 8. The van der Waals surface area contributed by atoms with Crippen molar-refractivity contribution >= 4 is 65.3 Å². The molecule has 0 saturated heterocycles. The molecule has 11 aromatic rings. The molecular weight excluding hydrogens is 633 g/mol. The van der Waals surface area contributed by atoms with Crippen LogP contribution in [0.5, 0.6) is 0 Å². The van der Waals surface area contributed by atoms with E-state index in [1.807, 2.05) is 53.1 Å². The minimum Gasteiger partial charge on any atom is -0.309 e. The molecule has 0 unspecified atom stereocenters. The summed E-state index contributed by atoms with van der Waals surface area (Å²) < 4.78 is 47.2. The monoisotopic (exact) mass is 667 g/mol. The normalized spacial score (nSPS) is 13.2. The lowest BCUT2D eigenvalue weighted by Crippen LogP contribution is -2.03. The van der Waals surface area contributed by atoms with Crippen LogP contribution in [-0.2, 0) is 0 Å². The quantitative estimate of drug-likeness (QED) is 0.187. The van der Waals surface area contributed by atoms with E-state index in [-0.39, 0.29) is 23.3 Å². The first-order valence-electron chi connectivity index (χ1n) is 19.8.